The van der Waals surface area contributed by atoms with Gasteiger partial charge >= 0.3 is 0 Å². The van der Waals surface area contributed by atoms with Crippen molar-refractivity contribution < 1.29 is 9.53 Å². The van der Waals surface area contributed by atoms with Crippen LogP contribution in [0.25, 0.3) is 0 Å². The molecule has 1 N–H and O–H groups in total. The third-order valence-corrected chi connectivity index (χ3v) is 4.55. The molecule has 0 aromatic carbocycles. The summed E-state index contributed by atoms with van der Waals surface area (Å²) < 4.78 is 7.30. The highest BCUT2D eigenvalue weighted by atomic mass is 32.2. The van der Waals surface area contributed by atoms with E-state index in [0.717, 1.165) is 25.9 Å². The molecule has 0 saturated carbocycles. The Hall–Kier alpha value is -1.15. The van der Waals surface area contributed by atoms with E-state index in [0.29, 0.717) is 17.5 Å². The second-order valence-corrected chi connectivity index (χ2v) is 6.80. The van der Waals surface area contributed by atoms with E-state index in [1.165, 1.54) is 11.8 Å². The van der Waals surface area contributed by atoms with Crippen molar-refractivity contribution in [1.29, 1.82) is 0 Å². The summed E-state index contributed by atoms with van der Waals surface area (Å²) in [5.74, 6) is 0.313. The Morgan fingerprint density at radius 2 is 2.38 bits per heavy atom. The molecule has 0 unspecified atom stereocenters. The molecule has 0 spiro atoms. The molecule has 1 aromatic rings. The van der Waals surface area contributed by atoms with Crippen LogP contribution >= 0.6 is 11.8 Å². The normalized spacial score (nSPS) is 18.9. The maximum absolute atomic E-state index is 11.9. The minimum atomic E-state index is -0.179. The van der Waals surface area contributed by atoms with E-state index in [-0.39, 0.29) is 17.6 Å². The van der Waals surface area contributed by atoms with Crippen LogP contribution in [0.15, 0.2) is 5.16 Å². The van der Waals surface area contributed by atoms with Gasteiger partial charge in [0, 0.05) is 12.1 Å². The molecule has 7 nitrogen and oxygen atoms in total. The molecule has 1 fully saturated rings. The van der Waals surface area contributed by atoms with Crippen LogP contribution in [-0.4, -0.2) is 50.1 Å². The van der Waals surface area contributed by atoms with Crippen LogP contribution in [0.2, 0.25) is 0 Å². The fourth-order valence-electron chi connectivity index (χ4n) is 2.03. The number of amides is 1. The molecule has 1 saturated heterocycles. The average molecular weight is 313 g/mol. The van der Waals surface area contributed by atoms with E-state index in [4.69, 9.17) is 4.74 Å². The molecule has 1 aliphatic heterocycles. The number of hydrogen-bond acceptors (Lipinski definition) is 6. The second-order valence-electron chi connectivity index (χ2n) is 5.85. The van der Waals surface area contributed by atoms with Gasteiger partial charge in [-0.05, 0) is 43.5 Å². The van der Waals surface area contributed by atoms with Crippen LogP contribution in [0.4, 0.5) is 0 Å². The van der Waals surface area contributed by atoms with Crippen molar-refractivity contribution in [2.24, 2.45) is 0 Å². The molecule has 2 heterocycles. The molecule has 0 bridgehead atoms. The minimum Gasteiger partial charge on any atom is -0.376 e. The summed E-state index contributed by atoms with van der Waals surface area (Å²) in [4.78, 5) is 11.9. The molecule has 0 aliphatic carbocycles. The van der Waals surface area contributed by atoms with E-state index in [1.807, 2.05) is 13.8 Å². The van der Waals surface area contributed by atoms with Gasteiger partial charge in [-0.25, -0.2) is 4.68 Å². The van der Waals surface area contributed by atoms with Gasteiger partial charge < -0.3 is 10.1 Å². The Morgan fingerprint density at radius 1 is 1.57 bits per heavy atom. The maximum atomic E-state index is 11.9. The number of thioether (sulfide) groups is 1. The number of rotatable bonds is 7. The summed E-state index contributed by atoms with van der Waals surface area (Å²) in [6.07, 6.45) is 3.19. The summed E-state index contributed by atoms with van der Waals surface area (Å²) in [5.41, 5.74) is -0.179. The largest absolute Gasteiger partial charge is 0.376 e. The molecule has 1 amide bonds. The lowest BCUT2D eigenvalue weighted by Crippen LogP contribution is -2.43. The van der Waals surface area contributed by atoms with Gasteiger partial charge in [-0.1, -0.05) is 18.7 Å². The van der Waals surface area contributed by atoms with Crippen LogP contribution in [0.5, 0.6) is 0 Å². The van der Waals surface area contributed by atoms with Gasteiger partial charge in [0.15, 0.2) is 0 Å². The quantitative estimate of drug-likeness (QED) is 0.763. The van der Waals surface area contributed by atoms with Crippen LogP contribution in [0.3, 0.4) is 0 Å². The lowest BCUT2D eigenvalue weighted by atomic mass is 10.0. The number of nitrogens with zero attached hydrogens (tertiary/aromatic N) is 4. The molecular weight excluding hydrogens is 290 g/mol. The predicted molar refractivity (Wildman–Crippen MR) is 80.0 cm³/mol. The number of nitrogens with one attached hydrogen (secondary N) is 1. The van der Waals surface area contributed by atoms with E-state index in [9.17, 15) is 4.79 Å². The molecule has 21 heavy (non-hydrogen) atoms. The highest BCUT2D eigenvalue weighted by Gasteiger charge is 2.21. The molecule has 1 atom stereocenters. The number of hydrogen-bond donors (Lipinski definition) is 1. The maximum Gasteiger partial charge on any atom is 0.230 e. The highest BCUT2D eigenvalue weighted by molar-refractivity contribution is 7.99. The Labute approximate surface area is 129 Å². The summed E-state index contributed by atoms with van der Waals surface area (Å²) >= 11 is 1.36. The first-order chi connectivity index (χ1) is 10.00. The van der Waals surface area contributed by atoms with Crippen LogP contribution in [0.1, 0.15) is 40.0 Å². The van der Waals surface area contributed by atoms with Crippen molar-refractivity contribution >= 4 is 17.7 Å². The van der Waals surface area contributed by atoms with Gasteiger partial charge in [0.05, 0.1) is 18.4 Å². The fourth-order valence-corrected chi connectivity index (χ4v) is 2.71. The van der Waals surface area contributed by atoms with Gasteiger partial charge in [-0.2, -0.15) is 0 Å². The first kappa shape index (κ1) is 16.2. The fraction of sp³-hybridized carbons (Fsp3) is 0.846. The Bertz CT molecular complexity index is 471. The molecule has 1 aromatic heterocycles. The lowest BCUT2D eigenvalue weighted by molar-refractivity contribution is -0.120. The van der Waals surface area contributed by atoms with E-state index < -0.39 is 0 Å². The number of ether oxygens (including phenoxy) is 1. The summed E-state index contributed by atoms with van der Waals surface area (Å²) in [7, 11) is 0. The zero-order valence-corrected chi connectivity index (χ0v) is 13.7. The number of carbonyl (C=O) groups is 1. The van der Waals surface area contributed by atoms with Gasteiger partial charge in [-0.15, -0.1) is 5.10 Å². The van der Waals surface area contributed by atoms with E-state index in [1.54, 1.807) is 4.68 Å². The summed E-state index contributed by atoms with van der Waals surface area (Å²) in [5, 5.41) is 15.3. The zero-order valence-electron chi connectivity index (χ0n) is 12.8. The Kier molecular flexibility index (Phi) is 5.58. The predicted octanol–water partition coefficient (Wildman–Crippen LogP) is 1.25. The lowest BCUT2D eigenvalue weighted by Gasteiger charge is -2.24. The first-order valence-corrected chi connectivity index (χ1v) is 8.30. The summed E-state index contributed by atoms with van der Waals surface area (Å²) in [6, 6.07) is 0. The van der Waals surface area contributed by atoms with Crippen molar-refractivity contribution in [3.63, 3.8) is 0 Å². The molecule has 118 valence electrons. The van der Waals surface area contributed by atoms with Crippen molar-refractivity contribution in [2.75, 3.05) is 12.4 Å². The molecular formula is C13H23N5O2S. The zero-order chi connectivity index (χ0) is 15.3. The van der Waals surface area contributed by atoms with Crippen LogP contribution in [-0.2, 0) is 16.1 Å². The number of aromatic nitrogens is 4. The van der Waals surface area contributed by atoms with E-state index >= 15 is 0 Å². The Morgan fingerprint density at radius 3 is 3.05 bits per heavy atom. The molecule has 8 heteroatoms. The third-order valence-electron chi connectivity index (χ3n) is 3.59. The molecule has 2 rings (SSSR count). The third kappa shape index (κ3) is 4.96. The van der Waals surface area contributed by atoms with Crippen molar-refractivity contribution in [1.82, 2.24) is 25.5 Å². The van der Waals surface area contributed by atoms with Gasteiger partial charge in [0.25, 0.3) is 0 Å². The molecule has 1 aliphatic rings. The highest BCUT2D eigenvalue weighted by Crippen LogP contribution is 2.18. The minimum absolute atomic E-state index is 0.00137. The first-order valence-electron chi connectivity index (χ1n) is 7.32. The van der Waals surface area contributed by atoms with Crippen molar-refractivity contribution in [3.05, 3.63) is 0 Å². The Balaban J connectivity index is 1.83. The second kappa shape index (κ2) is 7.22. The van der Waals surface area contributed by atoms with Crippen molar-refractivity contribution in [3.8, 4) is 0 Å². The summed E-state index contributed by atoms with van der Waals surface area (Å²) in [6.45, 7) is 7.53. The van der Waals surface area contributed by atoms with Gasteiger partial charge in [0.2, 0.25) is 11.1 Å². The van der Waals surface area contributed by atoms with Gasteiger partial charge in [-0.3, -0.25) is 4.79 Å². The number of tetrazole rings is 1. The topological polar surface area (TPSA) is 81.9 Å². The van der Waals surface area contributed by atoms with Crippen LogP contribution in [0, 0.1) is 0 Å². The standard InChI is InChI=1S/C13H23N5O2S/c1-4-13(2,3)14-11(19)9-21-12-15-16-17-18(12)8-10-6-5-7-20-10/h10H,4-9H2,1-3H3,(H,14,19)/t10-/m1/s1. The number of carbonyl (C=O) groups excluding carboxylic acids is 1. The van der Waals surface area contributed by atoms with Gasteiger partial charge in [0.1, 0.15) is 0 Å². The smallest absolute Gasteiger partial charge is 0.230 e. The SMILES string of the molecule is CCC(C)(C)NC(=O)CSc1nnnn1C[C@H]1CCCO1. The van der Waals surface area contributed by atoms with E-state index in [2.05, 4.69) is 27.8 Å². The monoisotopic (exact) mass is 313 g/mol. The molecule has 0 radical (unpaired) electrons. The average Bonchev–Trinajstić information content (AvgIpc) is 3.08. The van der Waals surface area contributed by atoms with Crippen LogP contribution < -0.4 is 5.32 Å². The van der Waals surface area contributed by atoms with Crippen molar-refractivity contribution in [2.45, 2.75) is 63.4 Å².